The van der Waals surface area contributed by atoms with Crippen molar-refractivity contribution in [3.05, 3.63) is 53.7 Å². The Balaban J connectivity index is 1.59. The van der Waals surface area contributed by atoms with E-state index in [2.05, 4.69) is 20.2 Å². The number of carbonyl (C=O) groups is 1. The lowest BCUT2D eigenvalue weighted by molar-refractivity contribution is 0.0596. The zero-order valence-corrected chi connectivity index (χ0v) is 17.4. The van der Waals surface area contributed by atoms with Crippen molar-refractivity contribution in [2.45, 2.75) is 19.9 Å². The summed E-state index contributed by atoms with van der Waals surface area (Å²) >= 11 is 0. The molecule has 0 aliphatic carbocycles. The average Bonchev–Trinajstić information content (AvgIpc) is 3.23. The number of hydrogen-bond donors (Lipinski definition) is 0. The van der Waals surface area contributed by atoms with Crippen LogP contribution in [-0.2, 0) is 4.84 Å². The van der Waals surface area contributed by atoms with E-state index in [9.17, 15) is 9.18 Å². The van der Waals surface area contributed by atoms with Gasteiger partial charge in [-0.2, -0.15) is 24.4 Å². The summed E-state index contributed by atoms with van der Waals surface area (Å²) in [5, 5.41) is 9.76. The van der Waals surface area contributed by atoms with Crippen LogP contribution in [-0.4, -0.2) is 68.6 Å². The number of methoxy groups -OCH3 is 1. The summed E-state index contributed by atoms with van der Waals surface area (Å²) in [6.07, 6.45) is 4.15. The molecule has 0 bridgehead atoms. The lowest BCUT2D eigenvalue weighted by atomic mass is 10.1. The van der Waals surface area contributed by atoms with E-state index in [1.165, 1.54) is 17.0 Å². The zero-order valence-electron chi connectivity index (χ0n) is 17.4. The van der Waals surface area contributed by atoms with Crippen LogP contribution in [0.2, 0.25) is 0 Å². The van der Waals surface area contributed by atoms with Crippen molar-refractivity contribution in [1.82, 2.24) is 29.9 Å². The Bertz CT molecular complexity index is 1080. The SMILES string of the molecule is COc1nc(N2CCN(C(=O)c3cc(C)ccc3-n3nccn3)[C@H](C)CO2)ncc1F. The van der Waals surface area contributed by atoms with Gasteiger partial charge >= 0.3 is 0 Å². The molecule has 11 heteroatoms. The number of benzene rings is 1. The van der Waals surface area contributed by atoms with E-state index in [0.717, 1.165) is 11.8 Å². The van der Waals surface area contributed by atoms with Gasteiger partial charge in [-0.15, -0.1) is 0 Å². The maximum atomic E-state index is 13.6. The number of carbonyl (C=O) groups excluding carboxylic acids is 1. The second-order valence-electron chi connectivity index (χ2n) is 7.11. The van der Waals surface area contributed by atoms with E-state index in [1.807, 2.05) is 32.0 Å². The topological polar surface area (TPSA) is 98.5 Å². The Morgan fingerprint density at radius 1 is 1.26 bits per heavy atom. The zero-order chi connectivity index (χ0) is 22.0. The number of anilines is 1. The minimum absolute atomic E-state index is 0.161. The molecule has 3 aromatic rings. The molecule has 1 aliphatic rings. The summed E-state index contributed by atoms with van der Waals surface area (Å²) in [6.45, 7) is 4.69. The van der Waals surface area contributed by atoms with Crippen LogP contribution in [0.3, 0.4) is 0 Å². The maximum Gasteiger partial charge on any atom is 0.256 e. The van der Waals surface area contributed by atoms with E-state index in [1.54, 1.807) is 17.3 Å². The largest absolute Gasteiger partial charge is 0.479 e. The molecule has 10 nitrogen and oxygen atoms in total. The van der Waals surface area contributed by atoms with E-state index in [0.29, 0.717) is 24.3 Å². The van der Waals surface area contributed by atoms with Gasteiger partial charge in [0.15, 0.2) is 0 Å². The highest BCUT2D eigenvalue weighted by molar-refractivity contribution is 5.98. The lowest BCUT2D eigenvalue weighted by Gasteiger charge is -2.26. The van der Waals surface area contributed by atoms with Gasteiger partial charge in [0.05, 0.1) is 56.1 Å². The molecule has 31 heavy (non-hydrogen) atoms. The Hall–Kier alpha value is -3.60. The number of hydroxylamine groups is 1. The molecule has 1 amide bonds. The number of hydrogen-bond acceptors (Lipinski definition) is 8. The summed E-state index contributed by atoms with van der Waals surface area (Å²) in [5.74, 6) is -0.830. The van der Waals surface area contributed by atoms with Gasteiger partial charge in [0.2, 0.25) is 5.82 Å². The standard InChI is InChI=1S/C20H22FN7O3/c1-13-4-5-17(28-23-6-7-24-28)15(10-13)19(29)26-8-9-27(31-12-14(26)2)20-22-11-16(21)18(25-20)30-3/h4-7,10-11,14H,8-9,12H2,1-3H3/t14-/m1/s1. The molecule has 4 rings (SSSR count). The number of aromatic nitrogens is 5. The van der Waals surface area contributed by atoms with Gasteiger partial charge in [-0.05, 0) is 26.0 Å². The highest BCUT2D eigenvalue weighted by atomic mass is 19.1. The minimum Gasteiger partial charge on any atom is -0.479 e. The molecule has 0 radical (unpaired) electrons. The van der Waals surface area contributed by atoms with Crippen molar-refractivity contribution in [3.8, 4) is 11.6 Å². The summed E-state index contributed by atoms with van der Waals surface area (Å²) in [7, 11) is 1.33. The molecule has 162 valence electrons. The maximum absolute atomic E-state index is 13.6. The number of ether oxygens (including phenoxy) is 1. The Morgan fingerprint density at radius 3 is 2.77 bits per heavy atom. The third-order valence-electron chi connectivity index (χ3n) is 4.94. The highest BCUT2D eigenvalue weighted by Gasteiger charge is 2.29. The van der Waals surface area contributed by atoms with E-state index < -0.39 is 5.82 Å². The van der Waals surface area contributed by atoms with E-state index in [4.69, 9.17) is 9.57 Å². The molecule has 1 atom stereocenters. The number of aryl methyl sites for hydroxylation is 1. The Morgan fingerprint density at radius 2 is 2.03 bits per heavy atom. The smallest absolute Gasteiger partial charge is 0.256 e. The Kier molecular flexibility index (Phi) is 5.76. The van der Waals surface area contributed by atoms with Crippen molar-refractivity contribution < 1.29 is 18.8 Å². The molecule has 0 spiro atoms. The van der Waals surface area contributed by atoms with Crippen LogP contribution < -0.4 is 9.80 Å². The summed E-state index contributed by atoms with van der Waals surface area (Å²) in [5.41, 5.74) is 2.05. The monoisotopic (exact) mass is 427 g/mol. The molecule has 0 saturated carbocycles. The predicted octanol–water partition coefficient (Wildman–Crippen LogP) is 1.80. The molecule has 0 unspecified atom stereocenters. The summed E-state index contributed by atoms with van der Waals surface area (Å²) in [6, 6.07) is 5.34. The number of nitrogens with zero attached hydrogens (tertiary/aromatic N) is 7. The first-order chi connectivity index (χ1) is 15.0. The number of halogens is 1. The molecule has 1 aromatic carbocycles. The molecular formula is C20H22FN7O3. The second kappa shape index (κ2) is 8.64. The van der Waals surface area contributed by atoms with Gasteiger partial charge in [0, 0.05) is 6.54 Å². The fourth-order valence-electron chi connectivity index (χ4n) is 3.33. The molecule has 3 heterocycles. The molecule has 1 fully saturated rings. The minimum atomic E-state index is -0.662. The average molecular weight is 427 g/mol. The highest BCUT2D eigenvalue weighted by Crippen LogP contribution is 2.22. The van der Waals surface area contributed by atoms with Crippen LogP contribution in [0.15, 0.2) is 36.8 Å². The third-order valence-corrected chi connectivity index (χ3v) is 4.94. The van der Waals surface area contributed by atoms with Crippen LogP contribution in [0, 0.1) is 12.7 Å². The van der Waals surface area contributed by atoms with Gasteiger partial charge in [-0.25, -0.2) is 10.0 Å². The van der Waals surface area contributed by atoms with Crippen molar-refractivity contribution in [1.29, 1.82) is 0 Å². The van der Waals surface area contributed by atoms with Gasteiger partial charge in [0.25, 0.3) is 17.7 Å². The van der Waals surface area contributed by atoms with Gasteiger partial charge < -0.3 is 9.64 Å². The lowest BCUT2D eigenvalue weighted by Crippen LogP contribution is -2.41. The second-order valence-corrected chi connectivity index (χ2v) is 7.11. The first-order valence-corrected chi connectivity index (χ1v) is 9.73. The number of rotatable bonds is 4. The van der Waals surface area contributed by atoms with Gasteiger partial charge in [-0.1, -0.05) is 11.6 Å². The summed E-state index contributed by atoms with van der Waals surface area (Å²) < 4.78 is 18.6. The van der Waals surface area contributed by atoms with Crippen LogP contribution in [0.1, 0.15) is 22.8 Å². The van der Waals surface area contributed by atoms with Gasteiger partial charge in [-0.3, -0.25) is 9.63 Å². The quantitative estimate of drug-likeness (QED) is 0.622. The van der Waals surface area contributed by atoms with Crippen LogP contribution in [0.4, 0.5) is 10.3 Å². The normalized spacial score (nSPS) is 16.8. The molecule has 2 aromatic heterocycles. The molecule has 1 saturated heterocycles. The first-order valence-electron chi connectivity index (χ1n) is 9.73. The summed E-state index contributed by atoms with van der Waals surface area (Å²) in [4.78, 5) is 30.5. The fraction of sp³-hybridized carbons (Fsp3) is 0.350. The molecule has 1 aliphatic heterocycles. The predicted molar refractivity (Wildman–Crippen MR) is 108 cm³/mol. The third kappa shape index (κ3) is 4.17. The van der Waals surface area contributed by atoms with E-state index in [-0.39, 0.29) is 30.4 Å². The Labute approximate surface area is 178 Å². The van der Waals surface area contributed by atoms with Crippen LogP contribution in [0.25, 0.3) is 5.69 Å². The van der Waals surface area contributed by atoms with E-state index >= 15 is 0 Å². The molecule has 0 N–H and O–H groups in total. The van der Waals surface area contributed by atoms with Gasteiger partial charge in [0.1, 0.15) is 0 Å². The van der Waals surface area contributed by atoms with Crippen molar-refractivity contribution >= 4 is 11.9 Å². The fourth-order valence-corrected chi connectivity index (χ4v) is 3.33. The number of amides is 1. The van der Waals surface area contributed by atoms with Crippen molar-refractivity contribution in [2.24, 2.45) is 0 Å². The van der Waals surface area contributed by atoms with Crippen molar-refractivity contribution in [3.63, 3.8) is 0 Å². The van der Waals surface area contributed by atoms with Crippen LogP contribution in [0.5, 0.6) is 5.88 Å². The van der Waals surface area contributed by atoms with Crippen molar-refractivity contribution in [2.75, 3.05) is 31.9 Å². The van der Waals surface area contributed by atoms with Crippen LogP contribution >= 0.6 is 0 Å². The first kappa shape index (κ1) is 20.7. The molecular weight excluding hydrogens is 405 g/mol.